The molecule has 0 atom stereocenters. The van der Waals surface area contributed by atoms with E-state index in [1.54, 1.807) is 42.3 Å². The number of halogens is 3. The van der Waals surface area contributed by atoms with Gasteiger partial charge in [-0.3, -0.25) is 5.32 Å². The van der Waals surface area contributed by atoms with Crippen LogP contribution in [0.1, 0.15) is 116 Å². The highest BCUT2D eigenvalue weighted by molar-refractivity contribution is 6.35. The number of pyridine rings is 5. The van der Waals surface area contributed by atoms with Gasteiger partial charge in [0.1, 0.15) is 72.0 Å². The van der Waals surface area contributed by atoms with Crippen molar-refractivity contribution in [3.8, 4) is 109 Å². The van der Waals surface area contributed by atoms with Gasteiger partial charge in [-0.25, -0.2) is 87.4 Å². The van der Waals surface area contributed by atoms with Crippen LogP contribution in [0.15, 0.2) is 115 Å². The number of alkyl carbamates (subject to hydrolysis) is 2. The minimum absolute atomic E-state index is 0.0185. The number of ether oxygens (including phenoxy) is 6. The summed E-state index contributed by atoms with van der Waals surface area (Å²) in [4.78, 5) is 79.5. The number of nitrogen functional groups attached to an aromatic ring is 4. The number of hydrogen-bond acceptors (Lipinski definition) is 41. The van der Waals surface area contributed by atoms with Gasteiger partial charge >= 0.3 is 18.3 Å². The second kappa shape index (κ2) is 43.6. The van der Waals surface area contributed by atoms with Crippen molar-refractivity contribution in [3.05, 3.63) is 107 Å². The molecule has 15 N–H and O–H groups in total. The van der Waals surface area contributed by atoms with Crippen LogP contribution in [0.25, 0.3) is 135 Å². The molecular formula is C86H100Cl3N33O16. The lowest BCUT2D eigenvalue weighted by Gasteiger charge is -2.19. The van der Waals surface area contributed by atoms with Crippen molar-refractivity contribution >= 4 is 137 Å². The summed E-state index contributed by atoms with van der Waals surface area (Å²) in [5, 5.41) is 65.9. The van der Waals surface area contributed by atoms with Gasteiger partial charge in [0.2, 0.25) is 5.82 Å². The Hall–Kier alpha value is -15.9. The van der Waals surface area contributed by atoms with Crippen molar-refractivity contribution < 1.29 is 76.2 Å². The molecule has 15 heterocycles. The molecule has 0 bridgehead atoms. The molecule has 0 radical (unpaired) electrons. The zero-order chi connectivity index (χ0) is 99.0. The lowest BCUT2D eigenvalue weighted by atomic mass is 10.1. The summed E-state index contributed by atoms with van der Waals surface area (Å²) in [5.41, 5.74) is 37.7. The molecule has 0 saturated heterocycles. The van der Waals surface area contributed by atoms with Crippen molar-refractivity contribution in [1.82, 2.24) is 135 Å². The van der Waals surface area contributed by atoms with Gasteiger partial charge in [-0.15, -0.1) is 0 Å². The number of aryl methyl sites for hydroxylation is 5. The number of nitrogens with two attached hydrogens (primary N) is 5. The van der Waals surface area contributed by atoms with Gasteiger partial charge in [-0.2, -0.15) is 0 Å². The second-order valence-corrected chi connectivity index (χ2v) is 33.7. The number of carbonyl (C=O) groups excluding carboxylic acids is 3. The summed E-state index contributed by atoms with van der Waals surface area (Å²) >= 11 is 18.3. The summed E-state index contributed by atoms with van der Waals surface area (Å²) in [7, 11) is 0. The Kier molecular flexibility index (Phi) is 31.5. The van der Waals surface area contributed by atoms with Gasteiger partial charge < -0.3 is 101 Å². The molecule has 0 spiro atoms. The van der Waals surface area contributed by atoms with E-state index in [1.807, 2.05) is 151 Å². The number of aromatic nitrogens is 25. The average Bonchev–Trinajstić information content (AvgIpc) is 1.11. The van der Waals surface area contributed by atoms with Gasteiger partial charge in [0.25, 0.3) is 0 Å². The van der Waals surface area contributed by atoms with Gasteiger partial charge in [0, 0.05) is 56.9 Å². The van der Waals surface area contributed by atoms with Crippen molar-refractivity contribution in [3.63, 3.8) is 0 Å². The van der Waals surface area contributed by atoms with Crippen molar-refractivity contribution in [2.24, 2.45) is 5.73 Å². The third-order valence-corrected chi connectivity index (χ3v) is 20.4. The number of carbonyl (C=O) groups is 3. The fourth-order valence-electron chi connectivity index (χ4n) is 13.9. The smallest absolute Gasteiger partial charge is 0.413 e. The van der Waals surface area contributed by atoms with Crippen LogP contribution in [0.2, 0.25) is 15.5 Å². The van der Waals surface area contributed by atoms with Crippen LogP contribution in [-0.2, 0) is 46.9 Å². The maximum Gasteiger partial charge on any atom is 0.413 e. The molecule has 15 aromatic heterocycles. The Balaban J connectivity index is 0.000000147. The quantitative estimate of drug-likeness (QED) is 0.0130. The van der Waals surface area contributed by atoms with E-state index >= 15 is 0 Å². The summed E-state index contributed by atoms with van der Waals surface area (Å²) in [5.74, 6) is 4.48. The monoisotopic (exact) mass is 1960 g/mol. The lowest BCUT2D eigenvalue weighted by Crippen LogP contribution is -2.33. The molecule has 138 heavy (non-hydrogen) atoms. The van der Waals surface area contributed by atoms with E-state index in [0.717, 1.165) is 34.3 Å². The van der Waals surface area contributed by atoms with Crippen LogP contribution in [0.5, 0.6) is 28.7 Å². The number of fused-ring (bicyclic) bond motifs is 5. The number of imidazole rings is 5. The van der Waals surface area contributed by atoms with Crippen LogP contribution in [0.4, 0.5) is 43.5 Å². The van der Waals surface area contributed by atoms with E-state index in [-0.39, 0.29) is 61.7 Å². The van der Waals surface area contributed by atoms with E-state index in [4.69, 9.17) is 120 Å². The number of hydrogen-bond donors (Lipinski definition) is 10. The normalized spacial score (nSPS) is 11.5. The van der Waals surface area contributed by atoms with Crippen molar-refractivity contribution in [2.75, 3.05) is 67.7 Å². The Morgan fingerprint density at radius 2 is 0.659 bits per heavy atom. The van der Waals surface area contributed by atoms with E-state index in [9.17, 15) is 24.6 Å². The first-order valence-corrected chi connectivity index (χ1v) is 44.3. The second-order valence-electron chi connectivity index (χ2n) is 32.7. The molecule has 49 nitrogen and oxygen atoms in total. The van der Waals surface area contributed by atoms with Gasteiger partial charge in [0.05, 0.1) is 62.2 Å². The van der Waals surface area contributed by atoms with Gasteiger partial charge in [-0.05, 0) is 174 Å². The van der Waals surface area contributed by atoms with Crippen LogP contribution in [0, 0.1) is 0 Å². The Morgan fingerprint density at radius 1 is 0.370 bits per heavy atom. The highest BCUT2D eigenvalue weighted by Crippen LogP contribution is 2.42. The van der Waals surface area contributed by atoms with E-state index in [0.29, 0.717) is 204 Å². The van der Waals surface area contributed by atoms with Crippen molar-refractivity contribution in [2.45, 2.75) is 166 Å². The molecule has 0 aliphatic rings. The molecule has 52 heteroatoms. The molecule has 3 amide bonds. The molecule has 2 aromatic carbocycles. The fourth-order valence-corrected chi connectivity index (χ4v) is 14.4. The first kappa shape index (κ1) is 99.6. The van der Waals surface area contributed by atoms with Crippen LogP contribution >= 0.6 is 34.8 Å². The SMILES string of the molecule is CCn1c(-c2nonc2N)nc2c(-c3ccccc3)ncc(OCCCN)c21.CCn1c(-c2nonc2N)nc2c(-c3ccccc3)ncc(OCCCNC(=O)OC(C)(C)C)c21.CCn1c(-c2nonc2N)nc2c(Cl)ncc(O)c21.CCn1c(-c2nonc2N)nc2c(Cl)ncc(OCCCNC(=O)OC(C)(C)C)c21.CCn1c(-c2nonc2NC(=O)OC(C)(C)C)nc2c(Cl)ncc(O)c21. The lowest BCUT2D eigenvalue weighted by molar-refractivity contribution is 0.0513. The summed E-state index contributed by atoms with van der Waals surface area (Å²) in [6.45, 7) is 31.1. The third kappa shape index (κ3) is 22.8. The molecule has 0 fully saturated rings. The number of nitrogens with zero attached hydrogens (tertiary/aromatic N) is 25. The third-order valence-electron chi connectivity index (χ3n) is 19.6. The van der Waals surface area contributed by atoms with E-state index < -0.39 is 35.1 Å². The Bertz CT molecular complexity index is 7110. The summed E-state index contributed by atoms with van der Waals surface area (Å²) < 4.78 is 66.4. The predicted octanol–water partition coefficient (Wildman–Crippen LogP) is 14.2. The number of rotatable bonds is 27. The number of anilines is 5. The fraction of sp³-hybridized carbons (Fsp3) is 0.360. The average molecular weight is 1960 g/mol. The van der Waals surface area contributed by atoms with Gasteiger partial charge in [-0.1, -0.05) is 95.5 Å². The maximum absolute atomic E-state index is 12.0. The standard InChI is InChI=1S/C24H29N7O4.C19H21N7O2.C18H24ClN7O4.C15H17ClN6O4.C10H9ClN6O2/c1-5-31-20-16(33-13-9-12-26-23(32)34-24(2,3)4)14-27-17(15-10-7-6-8-11-15)18(20)28-22(31)19-21(25)30-35-29-19;1-2-26-17-13(27-10-6-9-20)11-22-14(12-7-4-3-5-8-12)15(17)23-19(26)16-18(21)25-28-24-16;1-5-26-13-10(28-8-6-7-21-17(27)29-18(2,3)4)9-22-14(19)11(13)23-16(26)12-15(20)25-30-24-12;1-5-22-10-7(23)6-17-11(16)8(10)18-13(22)9-12(21-26-20-9)19-14(24)25-15(2,3)4;1-2-17-7-4(18)3-13-8(11)5(7)14-10(17)6-9(12)16-19-15-6/h6-8,10-11,14H,5,9,12-13H2,1-4H3,(H2,25,30)(H,26,32);3-5,7-8,11H,2,6,9-10,20H2,1H3,(H2,21,25);9H,5-8H2,1-4H3,(H2,20,25)(H,21,27);6,23H,5H2,1-4H3,(H,19,21,24);3,18H,2H2,1H3,(H2,12,16). The minimum atomic E-state index is -0.712. The number of benzene rings is 2. The number of nitrogens with one attached hydrogen (secondary N) is 3. The molecule has 17 rings (SSSR count). The zero-order valence-electron chi connectivity index (χ0n) is 77.4. The molecule has 0 aliphatic carbocycles. The molecular weight excluding hydrogens is 1860 g/mol. The van der Waals surface area contributed by atoms with Gasteiger partial charge in [0.15, 0.2) is 125 Å². The zero-order valence-corrected chi connectivity index (χ0v) is 79.6. The highest BCUT2D eigenvalue weighted by Gasteiger charge is 2.32. The Labute approximate surface area is 799 Å². The molecule has 726 valence electrons. The largest absolute Gasteiger partial charge is 0.504 e. The van der Waals surface area contributed by atoms with E-state index in [2.05, 4.69) is 112 Å². The first-order chi connectivity index (χ1) is 66.1. The highest BCUT2D eigenvalue weighted by atomic mass is 35.5. The molecule has 0 aliphatic heterocycles. The number of amides is 3. The molecule has 0 saturated carbocycles. The topological polar surface area (TPSA) is 661 Å². The molecule has 17 aromatic rings. The van der Waals surface area contributed by atoms with E-state index in [1.165, 1.54) is 18.6 Å². The minimum Gasteiger partial charge on any atom is -0.504 e. The first-order valence-electron chi connectivity index (χ1n) is 43.2. The summed E-state index contributed by atoms with van der Waals surface area (Å²) in [6.07, 6.45) is 7.71. The van der Waals surface area contributed by atoms with Crippen LogP contribution in [-0.4, -0.2) is 209 Å². The summed E-state index contributed by atoms with van der Waals surface area (Å²) in [6, 6.07) is 19.7. The van der Waals surface area contributed by atoms with Crippen LogP contribution in [0.3, 0.4) is 0 Å². The van der Waals surface area contributed by atoms with Crippen molar-refractivity contribution in [1.29, 1.82) is 0 Å². The molecule has 0 unspecified atom stereocenters. The number of aromatic hydroxyl groups is 2. The maximum atomic E-state index is 12.0. The Morgan fingerprint density at radius 3 is 0.993 bits per heavy atom. The van der Waals surface area contributed by atoms with Crippen LogP contribution < -0.4 is 58.8 Å². The predicted molar refractivity (Wildman–Crippen MR) is 507 cm³/mol.